The fourth-order valence-electron chi connectivity index (χ4n) is 2.11. The van der Waals surface area contributed by atoms with Crippen LogP contribution in [0.1, 0.15) is 35.3 Å². The Morgan fingerprint density at radius 3 is 2.36 bits per heavy atom. The second kappa shape index (κ2) is 7.52. The van der Waals surface area contributed by atoms with Crippen LogP contribution in [0, 0.1) is 5.82 Å². The van der Waals surface area contributed by atoms with Crippen LogP contribution >= 0.6 is 0 Å². The topological polar surface area (TPSA) is 41.1 Å². The Balaban J connectivity index is 2.05. The summed E-state index contributed by atoms with van der Waals surface area (Å²) in [6, 6.07) is 15.0. The number of hydrogen-bond acceptors (Lipinski definition) is 2. The molecule has 1 amide bonds. The highest BCUT2D eigenvalue weighted by molar-refractivity contribution is 5.93. The molecule has 2 N–H and O–H groups in total. The predicted octanol–water partition coefficient (Wildman–Crippen LogP) is 3.77. The summed E-state index contributed by atoms with van der Waals surface area (Å²) >= 11 is 0. The van der Waals surface area contributed by atoms with Gasteiger partial charge in [-0.1, -0.05) is 35.9 Å². The minimum atomic E-state index is -0.286. The van der Waals surface area contributed by atoms with Crippen molar-refractivity contribution in [2.24, 2.45) is 0 Å². The van der Waals surface area contributed by atoms with Crippen LogP contribution in [-0.4, -0.2) is 5.91 Å². The average Bonchev–Trinajstić information content (AvgIpc) is 2.52. The Hall–Kier alpha value is -2.46. The van der Waals surface area contributed by atoms with E-state index in [2.05, 4.69) is 17.4 Å². The van der Waals surface area contributed by atoms with Gasteiger partial charge < -0.3 is 0 Å². The summed E-state index contributed by atoms with van der Waals surface area (Å²) in [6.07, 6.45) is 0.640. The van der Waals surface area contributed by atoms with Gasteiger partial charge in [-0.05, 0) is 43.2 Å². The summed E-state index contributed by atoms with van der Waals surface area (Å²) < 4.78 is 13.0. The van der Waals surface area contributed by atoms with Gasteiger partial charge in [0.25, 0.3) is 5.91 Å². The van der Waals surface area contributed by atoms with Crippen molar-refractivity contribution in [3.8, 4) is 0 Å². The highest BCUT2D eigenvalue weighted by atomic mass is 19.1. The molecular formula is C18H19FN2O. The number of nitrogens with one attached hydrogen (secondary N) is 2. The third-order valence-corrected chi connectivity index (χ3v) is 3.22. The quantitative estimate of drug-likeness (QED) is 0.629. The first kappa shape index (κ1) is 15.9. The van der Waals surface area contributed by atoms with Gasteiger partial charge in [0.15, 0.2) is 0 Å². The van der Waals surface area contributed by atoms with Gasteiger partial charge in [0.1, 0.15) is 5.82 Å². The normalized spacial score (nSPS) is 11.7. The van der Waals surface area contributed by atoms with Gasteiger partial charge in [0.05, 0.1) is 6.04 Å². The third kappa shape index (κ3) is 4.53. The predicted molar refractivity (Wildman–Crippen MR) is 85.6 cm³/mol. The molecule has 0 spiro atoms. The smallest absolute Gasteiger partial charge is 0.265 e. The number of halogens is 1. The molecule has 0 aromatic heterocycles. The number of hydrazine groups is 1. The Morgan fingerprint density at radius 1 is 1.14 bits per heavy atom. The van der Waals surface area contributed by atoms with Crippen LogP contribution in [0.2, 0.25) is 0 Å². The highest BCUT2D eigenvalue weighted by Gasteiger charge is 2.13. The largest absolute Gasteiger partial charge is 0.287 e. The maximum atomic E-state index is 13.0. The van der Waals surface area contributed by atoms with Crippen molar-refractivity contribution in [3.63, 3.8) is 0 Å². The minimum Gasteiger partial charge on any atom is -0.287 e. The summed E-state index contributed by atoms with van der Waals surface area (Å²) in [5.74, 6) is -0.499. The Labute approximate surface area is 129 Å². The fourth-order valence-corrected chi connectivity index (χ4v) is 2.11. The second-order valence-corrected chi connectivity index (χ2v) is 5.23. The van der Waals surface area contributed by atoms with Gasteiger partial charge in [-0.15, -0.1) is 6.58 Å². The van der Waals surface area contributed by atoms with Crippen LogP contribution in [0.25, 0.3) is 0 Å². The molecule has 4 heteroatoms. The zero-order valence-corrected chi connectivity index (χ0v) is 12.5. The molecule has 0 fully saturated rings. The van der Waals surface area contributed by atoms with Crippen molar-refractivity contribution >= 4 is 5.91 Å². The van der Waals surface area contributed by atoms with Gasteiger partial charge in [-0.3, -0.25) is 10.2 Å². The fraction of sp³-hybridized carbons (Fsp3) is 0.167. The molecule has 0 heterocycles. The monoisotopic (exact) mass is 298 g/mol. The number of amides is 1. The first-order valence-corrected chi connectivity index (χ1v) is 7.07. The van der Waals surface area contributed by atoms with Crippen LogP contribution in [0.4, 0.5) is 4.39 Å². The van der Waals surface area contributed by atoms with Crippen LogP contribution in [0.3, 0.4) is 0 Å². The summed E-state index contributed by atoms with van der Waals surface area (Å²) in [7, 11) is 0. The Morgan fingerprint density at radius 2 is 1.77 bits per heavy atom. The van der Waals surface area contributed by atoms with E-state index >= 15 is 0 Å². The summed E-state index contributed by atoms with van der Waals surface area (Å²) in [5, 5.41) is 0. The first-order chi connectivity index (χ1) is 10.6. The number of rotatable bonds is 6. The Bertz CT molecular complexity index is 638. The molecule has 22 heavy (non-hydrogen) atoms. The number of hydrogen-bond donors (Lipinski definition) is 2. The van der Waals surface area contributed by atoms with E-state index in [1.54, 1.807) is 36.4 Å². The van der Waals surface area contributed by atoms with Crippen LogP contribution in [-0.2, 0) is 0 Å². The highest BCUT2D eigenvalue weighted by Crippen LogP contribution is 2.20. The first-order valence-electron chi connectivity index (χ1n) is 7.07. The molecule has 2 aromatic carbocycles. The van der Waals surface area contributed by atoms with Crippen LogP contribution in [0.5, 0.6) is 0 Å². The lowest BCUT2D eigenvalue weighted by molar-refractivity contribution is 0.0924. The molecule has 3 nitrogen and oxygen atoms in total. The van der Waals surface area contributed by atoms with Gasteiger partial charge in [-0.2, -0.15) is 0 Å². The van der Waals surface area contributed by atoms with Gasteiger partial charge in [0, 0.05) is 5.56 Å². The molecule has 0 saturated heterocycles. The number of carbonyl (C=O) groups excluding carboxylic acids is 1. The average molecular weight is 298 g/mol. The maximum Gasteiger partial charge on any atom is 0.265 e. The van der Waals surface area contributed by atoms with Gasteiger partial charge in [0.2, 0.25) is 0 Å². The molecule has 0 radical (unpaired) electrons. The molecule has 114 valence electrons. The Kier molecular flexibility index (Phi) is 5.44. The summed E-state index contributed by atoms with van der Waals surface area (Å²) in [4.78, 5) is 12.1. The van der Waals surface area contributed by atoms with Crippen molar-refractivity contribution < 1.29 is 9.18 Å². The molecule has 0 saturated carbocycles. The van der Waals surface area contributed by atoms with Gasteiger partial charge >= 0.3 is 0 Å². The lowest BCUT2D eigenvalue weighted by Crippen LogP contribution is -2.40. The van der Waals surface area contributed by atoms with E-state index in [0.717, 1.165) is 11.1 Å². The van der Waals surface area contributed by atoms with E-state index in [4.69, 9.17) is 0 Å². The molecule has 0 bridgehead atoms. The van der Waals surface area contributed by atoms with E-state index in [-0.39, 0.29) is 17.8 Å². The third-order valence-electron chi connectivity index (χ3n) is 3.22. The number of carbonyl (C=O) groups is 1. The molecule has 2 aromatic rings. The van der Waals surface area contributed by atoms with E-state index in [9.17, 15) is 9.18 Å². The molecule has 0 aliphatic rings. The summed E-state index contributed by atoms with van der Waals surface area (Å²) in [5.41, 5.74) is 8.12. The van der Waals surface area contributed by atoms with Crippen LogP contribution < -0.4 is 10.9 Å². The lowest BCUT2D eigenvalue weighted by Gasteiger charge is -2.20. The molecule has 0 aliphatic heterocycles. The summed E-state index contributed by atoms with van der Waals surface area (Å²) in [6.45, 7) is 5.81. The maximum absolute atomic E-state index is 13.0. The molecule has 0 aliphatic carbocycles. The molecule has 2 rings (SSSR count). The van der Waals surface area contributed by atoms with E-state index in [0.29, 0.717) is 12.0 Å². The zero-order chi connectivity index (χ0) is 15.9. The van der Waals surface area contributed by atoms with Crippen molar-refractivity contribution in [2.75, 3.05) is 0 Å². The molecule has 1 unspecified atom stereocenters. The van der Waals surface area contributed by atoms with Crippen molar-refractivity contribution in [1.82, 2.24) is 10.9 Å². The van der Waals surface area contributed by atoms with Crippen molar-refractivity contribution in [1.29, 1.82) is 0 Å². The second-order valence-electron chi connectivity index (χ2n) is 5.23. The zero-order valence-electron chi connectivity index (χ0n) is 12.5. The van der Waals surface area contributed by atoms with Crippen LogP contribution in [0.15, 0.2) is 66.7 Å². The van der Waals surface area contributed by atoms with E-state index in [1.165, 1.54) is 12.1 Å². The van der Waals surface area contributed by atoms with Crippen molar-refractivity contribution in [3.05, 3.63) is 83.7 Å². The number of benzene rings is 2. The minimum absolute atomic E-state index is 0.161. The molecular weight excluding hydrogens is 279 g/mol. The molecule has 1 atom stereocenters. The van der Waals surface area contributed by atoms with Gasteiger partial charge in [-0.25, -0.2) is 9.82 Å². The standard InChI is InChI=1S/C18H19FN2O/c1-13(2)12-17(14-8-10-16(19)11-9-14)20-21-18(22)15-6-4-3-5-7-15/h3-11,17,20H,1,12H2,2H3,(H,21,22). The van der Waals surface area contributed by atoms with E-state index in [1.807, 2.05) is 13.0 Å². The lowest BCUT2D eigenvalue weighted by atomic mass is 10.0. The van der Waals surface area contributed by atoms with Crippen molar-refractivity contribution in [2.45, 2.75) is 19.4 Å². The SMILES string of the molecule is C=C(C)CC(NNC(=O)c1ccccc1)c1ccc(F)cc1. The van der Waals surface area contributed by atoms with E-state index < -0.39 is 0 Å².